The highest BCUT2D eigenvalue weighted by Gasteiger charge is 2.29. The molecule has 1 atom stereocenters. The second kappa shape index (κ2) is 8.99. The molecule has 0 spiro atoms. The van der Waals surface area contributed by atoms with Crippen LogP contribution in [0.25, 0.3) is 0 Å². The molecule has 2 aliphatic carbocycles. The maximum atomic E-state index is 14.9. The van der Waals surface area contributed by atoms with E-state index in [4.69, 9.17) is 9.52 Å². The van der Waals surface area contributed by atoms with E-state index in [2.05, 4.69) is 34.4 Å². The third-order valence-corrected chi connectivity index (χ3v) is 7.98. The summed E-state index contributed by atoms with van der Waals surface area (Å²) in [4.78, 5) is 0.618. The number of hydrogen-bond acceptors (Lipinski definition) is 4. The van der Waals surface area contributed by atoms with Gasteiger partial charge in [-0.3, -0.25) is 4.78 Å². The molecule has 0 aromatic heterocycles. The predicted octanol–water partition coefficient (Wildman–Crippen LogP) is 4.68. The maximum absolute atomic E-state index is 14.9. The Morgan fingerprint density at radius 2 is 1.68 bits per heavy atom. The molecule has 0 amide bonds. The van der Waals surface area contributed by atoms with Crippen LogP contribution in [-0.4, -0.2) is 19.0 Å². The quantitative estimate of drug-likeness (QED) is 0.481. The second-order valence-electron chi connectivity index (χ2n) is 8.49. The molecule has 31 heavy (non-hydrogen) atoms. The zero-order valence-electron chi connectivity index (χ0n) is 18.2. The number of rotatable bonds is 6. The molecule has 5 nitrogen and oxygen atoms in total. The van der Waals surface area contributed by atoms with Crippen molar-refractivity contribution in [2.75, 3.05) is 18.5 Å². The van der Waals surface area contributed by atoms with E-state index in [1.807, 2.05) is 0 Å². The zero-order valence-corrected chi connectivity index (χ0v) is 19.0. The predicted molar refractivity (Wildman–Crippen MR) is 129 cm³/mol. The fraction of sp³-hybridized carbons (Fsp3) is 0.458. The Morgan fingerprint density at radius 3 is 2.32 bits per heavy atom. The molecule has 0 saturated carbocycles. The Morgan fingerprint density at radius 1 is 1.03 bits per heavy atom. The minimum absolute atomic E-state index is 0.00734. The van der Waals surface area contributed by atoms with E-state index in [0.717, 1.165) is 92.3 Å². The van der Waals surface area contributed by atoms with Crippen molar-refractivity contribution in [1.29, 1.82) is 4.78 Å². The molecule has 168 valence electrons. The lowest BCUT2D eigenvalue weighted by Crippen LogP contribution is -2.30. The summed E-state index contributed by atoms with van der Waals surface area (Å²) in [5, 5.41) is 6.69. The van der Waals surface area contributed by atoms with E-state index in [-0.39, 0.29) is 5.82 Å². The highest BCUT2D eigenvalue weighted by atomic mass is 32.2. The molecule has 1 fully saturated rings. The number of ether oxygens (including phenoxy) is 1. The van der Waals surface area contributed by atoms with Gasteiger partial charge in [0.25, 0.3) is 0 Å². The average molecular weight is 445 g/mol. The van der Waals surface area contributed by atoms with Crippen molar-refractivity contribution in [1.82, 2.24) is 10.0 Å². The van der Waals surface area contributed by atoms with Gasteiger partial charge >= 0.3 is 0 Å². The first kappa shape index (κ1) is 21.8. The molecule has 1 saturated heterocycles. The highest BCUT2D eigenvalue weighted by molar-refractivity contribution is 8.03. The Labute approximate surface area is 185 Å². The Balaban J connectivity index is 1.58. The largest absolute Gasteiger partial charge is 0.478 e. The van der Waals surface area contributed by atoms with Gasteiger partial charge in [-0.2, -0.15) is 0 Å². The fourth-order valence-corrected chi connectivity index (χ4v) is 6.18. The summed E-state index contributed by atoms with van der Waals surface area (Å²) in [6.45, 7) is 9.45. The molecule has 4 rings (SSSR count). The number of halogens is 1. The summed E-state index contributed by atoms with van der Waals surface area (Å²) in [7, 11) is -2.47. The van der Waals surface area contributed by atoms with Gasteiger partial charge in [-0.25, -0.2) is 4.39 Å². The molecular formula is C24H33FN4OS. The molecule has 4 N–H and O–H groups in total. The molecule has 1 aliphatic heterocycles. The van der Waals surface area contributed by atoms with Crippen molar-refractivity contribution < 1.29 is 9.13 Å². The van der Waals surface area contributed by atoms with E-state index < -0.39 is 9.60 Å². The monoisotopic (exact) mass is 444 g/mol. The molecular weight excluding hydrogens is 411 g/mol. The highest BCUT2D eigenvalue weighted by Crippen LogP contribution is 2.41. The normalized spacial score (nSPS) is 21.3. The summed E-state index contributed by atoms with van der Waals surface area (Å²) in [6, 6.07) is 0. The van der Waals surface area contributed by atoms with Crippen LogP contribution in [0.4, 0.5) is 10.1 Å². The molecule has 0 radical (unpaired) electrons. The van der Waals surface area contributed by atoms with Gasteiger partial charge in [0.15, 0.2) is 0 Å². The zero-order chi connectivity index (χ0) is 22.0. The van der Waals surface area contributed by atoms with Gasteiger partial charge in [0, 0.05) is 12.2 Å². The average Bonchev–Trinajstić information content (AvgIpc) is 3.36. The van der Waals surface area contributed by atoms with Gasteiger partial charge in [-0.05, 0) is 102 Å². The molecule has 1 unspecified atom stereocenters. The third kappa shape index (κ3) is 4.33. The van der Waals surface area contributed by atoms with Crippen LogP contribution in [0.2, 0.25) is 0 Å². The number of fused-ring (bicyclic) bond motifs is 2. The minimum atomic E-state index is -2.47. The van der Waals surface area contributed by atoms with Crippen LogP contribution in [0.15, 0.2) is 35.8 Å². The molecule has 7 heteroatoms. The molecule has 0 bridgehead atoms. The molecule has 1 heterocycles. The van der Waals surface area contributed by atoms with E-state index in [9.17, 15) is 4.39 Å². The third-order valence-electron chi connectivity index (χ3n) is 6.28. The summed E-state index contributed by atoms with van der Waals surface area (Å²) in [5.74, 6) is 5.23. The van der Waals surface area contributed by atoms with E-state index in [0.29, 0.717) is 23.2 Å². The van der Waals surface area contributed by atoms with Gasteiger partial charge in [-0.15, -0.1) is 0 Å². The first-order valence-electron chi connectivity index (χ1n) is 11.2. The molecule has 1 aromatic carbocycles. The van der Waals surface area contributed by atoms with Crippen molar-refractivity contribution in [2.45, 2.75) is 57.8 Å². The van der Waals surface area contributed by atoms with Crippen molar-refractivity contribution in [3.05, 3.63) is 63.9 Å². The van der Waals surface area contributed by atoms with Crippen molar-refractivity contribution >= 4 is 21.2 Å². The number of anilines is 1. The Bertz CT molecular complexity index is 997. The Kier molecular flexibility index (Phi) is 6.32. The van der Waals surface area contributed by atoms with Gasteiger partial charge in [0.2, 0.25) is 5.88 Å². The van der Waals surface area contributed by atoms with Gasteiger partial charge in [0.05, 0.1) is 11.5 Å². The Hall–Kier alpha value is -2.41. The lowest BCUT2D eigenvalue weighted by atomic mass is 9.98. The molecule has 3 aliphatic rings. The van der Waals surface area contributed by atoms with E-state index >= 15 is 0 Å². The van der Waals surface area contributed by atoms with Crippen LogP contribution in [-0.2, 0) is 40.0 Å². The van der Waals surface area contributed by atoms with Crippen LogP contribution in [0.3, 0.4) is 0 Å². The summed E-state index contributed by atoms with van der Waals surface area (Å²) in [6.07, 6.45) is 10.1. The van der Waals surface area contributed by atoms with Crippen molar-refractivity contribution in [2.24, 2.45) is 0 Å². The van der Waals surface area contributed by atoms with E-state index in [1.54, 1.807) is 6.08 Å². The van der Waals surface area contributed by atoms with Gasteiger partial charge in [0.1, 0.15) is 11.6 Å². The van der Waals surface area contributed by atoms with Crippen LogP contribution >= 0.6 is 0 Å². The van der Waals surface area contributed by atoms with E-state index in [1.165, 1.54) is 0 Å². The first-order chi connectivity index (χ1) is 14.9. The van der Waals surface area contributed by atoms with Crippen molar-refractivity contribution in [3.63, 3.8) is 0 Å². The number of hydrogen-bond donors (Lipinski definition) is 4. The minimum Gasteiger partial charge on any atom is -0.478 e. The first-order valence-corrected chi connectivity index (χ1v) is 13.0. The summed E-state index contributed by atoms with van der Waals surface area (Å²) in [5.41, 5.74) is 4.85. The standard InChI is InChI=1S/C24H33FN4OS/c1-4-21(24-27-14-6-5-7-15-30-24)31(3,26)29-16(2)28-23-19-12-8-10-17(19)22(25)18-11-9-13-20(18)23/h4,27-28H,1-3,5-15H2,(H2,26,29)/b24-21-. The topological polar surface area (TPSA) is 69.2 Å². The smallest absolute Gasteiger partial charge is 0.202 e. The van der Waals surface area contributed by atoms with Crippen LogP contribution in [0.1, 0.15) is 54.4 Å². The summed E-state index contributed by atoms with van der Waals surface area (Å²) < 4.78 is 32.9. The maximum Gasteiger partial charge on any atom is 0.202 e. The second-order valence-corrected chi connectivity index (χ2v) is 10.6. The number of nitrogens with one attached hydrogen (secondary N) is 4. The number of benzene rings is 1. The lowest BCUT2D eigenvalue weighted by molar-refractivity contribution is 0.174. The van der Waals surface area contributed by atoms with Crippen LogP contribution in [0.5, 0.6) is 0 Å². The van der Waals surface area contributed by atoms with Gasteiger partial charge < -0.3 is 20.1 Å². The van der Waals surface area contributed by atoms with Crippen LogP contribution < -0.4 is 15.4 Å². The number of allylic oxidation sites excluding steroid dienone is 1. The molecule has 1 aromatic rings. The van der Waals surface area contributed by atoms with Crippen molar-refractivity contribution in [3.8, 4) is 0 Å². The van der Waals surface area contributed by atoms with Crippen LogP contribution in [0, 0.1) is 10.6 Å². The lowest BCUT2D eigenvalue weighted by Gasteiger charge is -2.25. The fourth-order valence-electron chi connectivity index (χ4n) is 4.86. The SMILES string of the molecule is C=C/C(=C1\NCCCCCO1)S(=C)(=N)NC(=C)Nc1c2c(c(F)c3c1CCC3)CCC2. The summed E-state index contributed by atoms with van der Waals surface area (Å²) >= 11 is 0. The van der Waals surface area contributed by atoms with Gasteiger partial charge in [-0.1, -0.05) is 13.2 Å².